The standard InChI is InChI=1S/C24H23Cl2NO5/c1-13(2)23-19(27-24(32-23)17-6-5-16(25)11-18(17)26)7-8-20(28)15-4-9-21(14(3)10-15)31-12-22(29)30/h4-6,9-11,13H,7-8,12H2,1-3H3,(H,29,30). The van der Waals surface area contributed by atoms with Crippen LogP contribution >= 0.6 is 23.2 Å². The summed E-state index contributed by atoms with van der Waals surface area (Å²) in [6, 6.07) is 10.1. The van der Waals surface area contributed by atoms with Crippen molar-refractivity contribution in [2.75, 3.05) is 6.61 Å². The van der Waals surface area contributed by atoms with E-state index in [1.807, 2.05) is 13.8 Å². The first kappa shape index (κ1) is 23.8. The number of Topliss-reactive ketones (excluding diaryl/α,β-unsaturated/α-hetero) is 1. The van der Waals surface area contributed by atoms with Crippen molar-refractivity contribution in [2.24, 2.45) is 0 Å². The van der Waals surface area contributed by atoms with Gasteiger partial charge in [0, 0.05) is 29.3 Å². The van der Waals surface area contributed by atoms with Gasteiger partial charge in [0.1, 0.15) is 11.5 Å². The van der Waals surface area contributed by atoms with Gasteiger partial charge in [0.2, 0.25) is 5.89 Å². The van der Waals surface area contributed by atoms with Crippen molar-refractivity contribution in [1.29, 1.82) is 0 Å². The molecule has 1 heterocycles. The first-order chi connectivity index (χ1) is 15.2. The van der Waals surface area contributed by atoms with Gasteiger partial charge in [0.15, 0.2) is 12.4 Å². The number of ketones is 1. The Morgan fingerprint density at radius 1 is 1.16 bits per heavy atom. The van der Waals surface area contributed by atoms with Crippen LogP contribution in [0.25, 0.3) is 11.5 Å². The van der Waals surface area contributed by atoms with Crippen molar-refractivity contribution in [3.05, 3.63) is 69.0 Å². The van der Waals surface area contributed by atoms with Crippen molar-refractivity contribution in [3.63, 3.8) is 0 Å². The quantitative estimate of drug-likeness (QED) is 0.362. The Labute approximate surface area is 196 Å². The topological polar surface area (TPSA) is 89.6 Å². The molecule has 0 saturated heterocycles. The van der Waals surface area contributed by atoms with Crippen molar-refractivity contribution in [2.45, 2.75) is 39.5 Å². The van der Waals surface area contributed by atoms with E-state index in [0.29, 0.717) is 56.3 Å². The van der Waals surface area contributed by atoms with E-state index in [0.717, 1.165) is 0 Å². The highest BCUT2D eigenvalue weighted by Crippen LogP contribution is 2.33. The number of halogens is 2. The third-order valence-corrected chi connectivity index (χ3v) is 5.40. The molecule has 0 atom stereocenters. The van der Waals surface area contributed by atoms with Gasteiger partial charge in [-0.05, 0) is 48.9 Å². The summed E-state index contributed by atoms with van der Waals surface area (Å²) in [6.45, 7) is 5.33. The molecule has 0 bridgehead atoms. The number of aryl methyl sites for hydroxylation is 2. The minimum absolute atomic E-state index is 0.0540. The van der Waals surface area contributed by atoms with Crippen LogP contribution in [0.5, 0.6) is 5.75 Å². The summed E-state index contributed by atoms with van der Waals surface area (Å²) in [5.41, 5.74) is 2.58. The molecule has 0 fully saturated rings. The van der Waals surface area contributed by atoms with Gasteiger partial charge in [0.25, 0.3) is 0 Å². The maximum Gasteiger partial charge on any atom is 0.341 e. The second-order valence-electron chi connectivity index (χ2n) is 7.69. The van der Waals surface area contributed by atoms with Crippen LogP contribution in [0.4, 0.5) is 0 Å². The highest BCUT2D eigenvalue weighted by molar-refractivity contribution is 6.36. The average Bonchev–Trinajstić information content (AvgIpc) is 3.15. The Hall–Kier alpha value is -2.83. The van der Waals surface area contributed by atoms with Gasteiger partial charge in [-0.2, -0.15) is 0 Å². The highest BCUT2D eigenvalue weighted by atomic mass is 35.5. The number of carbonyl (C=O) groups excluding carboxylic acids is 1. The molecule has 0 aliphatic heterocycles. The van der Waals surface area contributed by atoms with Gasteiger partial charge >= 0.3 is 5.97 Å². The average molecular weight is 476 g/mol. The lowest BCUT2D eigenvalue weighted by Crippen LogP contribution is -2.10. The normalized spacial score (nSPS) is 11.1. The van der Waals surface area contributed by atoms with Gasteiger partial charge in [-0.1, -0.05) is 37.0 Å². The molecule has 0 spiro atoms. The van der Waals surface area contributed by atoms with Crippen molar-refractivity contribution >= 4 is 35.0 Å². The number of hydrogen-bond donors (Lipinski definition) is 1. The molecule has 0 saturated carbocycles. The molecule has 3 rings (SSSR count). The minimum atomic E-state index is -1.06. The third kappa shape index (κ3) is 5.69. The molecule has 3 aromatic rings. The monoisotopic (exact) mass is 475 g/mol. The zero-order chi connectivity index (χ0) is 23.4. The number of aromatic nitrogens is 1. The summed E-state index contributed by atoms with van der Waals surface area (Å²) in [5, 5.41) is 9.71. The summed E-state index contributed by atoms with van der Waals surface area (Å²) in [7, 11) is 0. The van der Waals surface area contributed by atoms with Crippen molar-refractivity contribution < 1.29 is 23.8 Å². The Balaban J connectivity index is 1.76. The molecule has 2 aromatic carbocycles. The second kappa shape index (κ2) is 10.2. The smallest absolute Gasteiger partial charge is 0.341 e. The van der Waals surface area contributed by atoms with Crippen LogP contribution in [-0.4, -0.2) is 28.4 Å². The van der Waals surface area contributed by atoms with Crippen LogP contribution in [0.1, 0.15) is 53.6 Å². The molecule has 0 radical (unpaired) electrons. The van der Waals surface area contributed by atoms with Crippen LogP contribution in [0, 0.1) is 6.92 Å². The Bertz CT molecular complexity index is 1150. The molecular formula is C24H23Cl2NO5. The molecule has 1 aromatic heterocycles. The van der Waals surface area contributed by atoms with E-state index in [-0.39, 0.29) is 18.1 Å². The maximum absolute atomic E-state index is 12.8. The fraction of sp³-hybridized carbons (Fsp3) is 0.292. The first-order valence-corrected chi connectivity index (χ1v) is 10.8. The lowest BCUT2D eigenvalue weighted by molar-refractivity contribution is -0.139. The van der Waals surface area contributed by atoms with Gasteiger partial charge in [0.05, 0.1) is 16.3 Å². The number of rotatable bonds is 9. The van der Waals surface area contributed by atoms with Gasteiger partial charge in [-0.15, -0.1) is 0 Å². The third-order valence-electron chi connectivity index (χ3n) is 4.85. The Morgan fingerprint density at radius 3 is 2.53 bits per heavy atom. The fourth-order valence-electron chi connectivity index (χ4n) is 3.27. The molecule has 32 heavy (non-hydrogen) atoms. The molecule has 6 nitrogen and oxygen atoms in total. The number of benzene rings is 2. The number of carbonyl (C=O) groups is 2. The molecular weight excluding hydrogens is 453 g/mol. The van der Waals surface area contributed by atoms with E-state index < -0.39 is 12.6 Å². The van der Waals surface area contributed by atoms with E-state index in [2.05, 4.69) is 4.98 Å². The van der Waals surface area contributed by atoms with Crippen LogP contribution in [0.3, 0.4) is 0 Å². The van der Waals surface area contributed by atoms with E-state index in [1.165, 1.54) is 0 Å². The van der Waals surface area contributed by atoms with Crippen LogP contribution < -0.4 is 4.74 Å². The molecule has 168 valence electrons. The number of carboxylic acid groups (broad SMARTS) is 1. The second-order valence-corrected chi connectivity index (χ2v) is 8.54. The van der Waals surface area contributed by atoms with Crippen molar-refractivity contribution in [3.8, 4) is 17.2 Å². The molecule has 1 N–H and O–H groups in total. The zero-order valence-electron chi connectivity index (χ0n) is 17.9. The van der Waals surface area contributed by atoms with Gasteiger partial charge in [-0.3, -0.25) is 4.79 Å². The lowest BCUT2D eigenvalue weighted by Gasteiger charge is -2.09. The number of nitrogens with zero attached hydrogens (tertiary/aromatic N) is 1. The largest absolute Gasteiger partial charge is 0.482 e. The van der Waals surface area contributed by atoms with Gasteiger partial charge in [-0.25, -0.2) is 9.78 Å². The molecule has 0 amide bonds. The number of ether oxygens (including phenoxy) is 1. The SMILES string of the molecule is Cc1cc(C(=O)CCc2nc(-c3ccc(Cl)cc3Cl)oc2C(C)C)ccc1OCC(=O)O. The highest BCUT2D eigenvalue weighted by Gasteiger charge is 2.20. The Kier molecular flexibility index (Phi) is 7.59. The Morgan fingerprint density at radius 2 is 1.91 bits per heavy atom. The number of carboxylic acids is 1. The summed E-state index contributed by atoms with van der Waals surface area (Å²) < 4.78 is 11.2. The fourth-order valence-corrected chi connectivity index (χ4v) is 3.76. The predicted octanol–water partition coefficient (Wildman–Crippen LogP) is 6.36. The maximum atomic E-state index is 12.8. The molecule has 0 aliphatic rings. The lowest BCUT2D eigenvalue weighted by atomic mass is 10.0. The number of hydrogen-bond acceptors (Lipinski definition) is 5. The van der Waals surface area contributed by atoms with Crippen molar-refractivity contribution in [1.82, 2.24) is 4.98 Å². The summed E-state index contributed by atoms with van der Waals surface area (Å²) in [5.74, 6) is 0.521. The molecule has 8 heteroatoms. The predicted molar refractivity (Wildman–Crippen MR) is 123 cm³/mol. The first-order valence-electron chi connectivity index (χ1n) is 10.1. The summed E-state index contributed by atoms with van der Waals surface area (Å²) >= 11 is 12.3. The van der Waals surface area contributed by atoms with Crippen LogP contribution in [-0.2, 0) is 11.2 Å². The van der Waals surface area contributed by atoms with E-state index in [4.69, 9.17) is 37.5 Å². The molecule has 0 aliphatic carbocycles. The summed E-state index contributed by atoms with van der Waals surface area (Å²) in [6.07, 6.45) is 0.659. The summed E-state index contributed by atoms with van der Waals surface area (Å²) in [4.78, 5) is 28.1. The van der Waals surface area contributed by atoms with Gasteiger partial charge < -0.3 is 14.3 Å². The minimum Gasteiger partial charge on any atom is -0.482 e. The number of oxazole rings is 1. The molecule has 0 unspecified atom stereocenters. The van der Waals surface area contributed by atoms with E-state index in [9.17, 15) is 9.59 Å². The van der Waals surface area contributed by atoms with E-state index >= 15 is 0 Å². The van der Waals surface area contributed by atoms with E-state index in [1.54, 1.807) is 43.3 Å². The number of aliphatic carboxylic acids is 1. The van der Waals surface area contributed by atoms with Crippen LogP contribution in [0.15, 0.2) is 40.8 Å². The zero-order valence-corrected chi connectivity index (χ0v) is 19.5. The van der Waals surface area contributed by atoms with Crippen LogP contribution in [0.2, 0.25) is 10.0 Å².